The van der Waals surface area contributed by atoms with Crippen molar-refractivity contribution in [3.63, 3.8) is 0 Å². The van der Waals surface area contributed by atoms with Crippen LogP contribution in [0.15, 0.2) is 73.6 Å². The van der Waals surface area contributed by atoms with Crippen molar-refractivity contribution in [2.75, 3.05) is 6.61 Å². The first-order valence-electron chi connectivity index (χ1n) is 9.00. The number of benzene rings is 2. The van der Waals surface area contributed by atoms with E-state index in [4.69, 9.17) is 14.9 Å². The Hall–Kier alpha value is -3.19. The predicted molar refractivity (Wildman–Crippen MR) is 111 cm³/mol. The van der Waals surface area contributed by atoms with Crippen LogP contribution in [0.4, 0.5) is 0 Å². The standard InChI is InChI=1S/C22H21NO5S/c1-13(2)16-8-3-4-9-19(16)29-21-17(24)11-18(28-22(21)26)14-6-5-7-15(10-14)27-12-20(23)25/h3-11,13,24H,12H2,1-2H3,(H2,23,25). The molecule has 0 saturated heterocycles. The van der Waals surface area contributed by atoms with E-state index in [0.717, 1.165) is 10.5 Å². The number of ether oxygens (including phenoxy) is 1. The molecule has 1 aromatic heterocycles. The number of primary amides is 1. The molecule has 0 bridgehead atoms. The summed E-state index contributed by atoms with van der Waals surface area (Å²) in [6.07, 6.45) is 0. The number of aromatic hydroxyl groups is 1. The van der Waals surface area contributed by atoms with Crippen molar-refractivity contribution in [1.29, 1.82) is 0 Å². The maximum Gasteiger partial charge on any atom is 0.354 e. The number of hydrogen-bond acceptors (Lipinski definition) is 6. The van der Waals surface area contributed by atoms with Gasteiger partial charge in [-0.15, -0.1) is 0 Å². The first-order chi connectivity index (χ1) is 13.8. The molecule has 0 aliphatic rings. The van der Waals surface area contributed by atoms with Crippen molar-refractivity contribution in [2.24, 2.45) is 5.73 Å². The van der Waals surface area contributed by atoms with E-state index in [1.54, 1.807) is 24.3 Å². The predicted octanol–water partition coefficient (Wildman–Crippen LogP) is 4.15. The average Bonchev–Trinajstić information content (AvgIpc) is 2.69. The van der Waals surface area contributed by atoms with Crippen LogP contribution in [-0.4, -0.2) is 17.6 Å². The Balaban J connectivity index is 1.92. The molecule has 0 fully saturated rings. The molecule has 0 saturated carbocycles. The van der Waals surface area contributed by atoms with Crippen molar-refractivity contribution in [3.05, 3.63) is 70.6 Å². The zero-order chi connectivity index (χ0) is 21.0. The van der Waals surface area contributed by atoms with E-state index in [1.807, 2.05) is 24.3 Å². The Bertz CT molecular complexity index is 1090. The molecule has 3 rings (SSSR count). The van der Waals surface area contributed by atoms with Crippen molar-refractivity contribution in [2.45, 2.75) is 29.6 Å². The van der Waals surface area contributed by atoms with E-state index in [1.165, 1.54) is 17.8 Å². The molecule has 0 atom stereocenters. The normalized spacial score (nSPS) is 10.9. The summed E-state index contributed by atoms with van der Waals surface area (Å²) in [6.45, 7) is 3.87. The monoisotopic (exact) mass is 411 g/mol. The van der Waals surface area contributed by atoms with Gasteiger partial charge in [0.25, 0.3) is 5.91 Å². The third kappa shape index (κ3) is 5.00. The molecular weight excluding hydrogens is 390 g/mol. The summed E-state index contributed by atoms with van der Waals surface area (Å²) in [5.74, 6) is 0.104. The molecular formula is C22H21NO5S. The fraction of sp³-hybridized carbons (Fsp3) is 0.182. The molecule has 3 aromatic rings. The van der Waals surface area contributed by atoms with E-state index in [0.29, 0.717) is 11.3 Å². The molecule has 1 amide bonds. The van der Waals surface area contributed by atoms with Gasteiger partial charge in [-0.05, 0) is 29.7 Å². The van der Waals surface area contributed by atoms with E-state index in [-0.39, 0.29) is 28.9 Å². The number of carbonyl (C=O) groups excluding carboxylic acids is 1. The van der Waals surface area contributed by atoms with Crippen LogP contribution in [0.2, 0.25) is 0 Å². The molecule has 0 spiro atoms. The zero-order valence-corrected chi connectivity index (χ0v) is 16.9. The number of amides is 1. The van der Waals surface area contributed by atoms with Crippen LogP contribution in [0.25, 0.3) is 11.3 Å². The topological polar surface area (TPSA) is 103 Å². The maximum absolute atomic E-state index is 12.6. The molecule has 6 nitrogen and oxygen atoms in total. The summed E-state index contributed by atoms with van der Waals surface area (Å²) >= 11 is 1.18. The second-order valence-corrected chi connectivity index (χ2v) is 7.74. The second-order valence-electron chi connectivity index (χ2n) is 6.69. The number of hydrogen-bond donors (Lipinski definition) is 2. The fourth-order valence-electron chi connectivity index (χ4n) is 2.76. The lowest BCUT2D eigenvalue weighted by atomic mass is 10.0. The van der Waals surface area contributed by atoms with Crippen LogP contribution in [0.1, 0.15) is 25.3 Å². The van der Waals surface area contributed by atoms with Crippen LogP contribution in [-0.2, 0) is 4.79 Å². The van der Waals surface area contributed by atoms with Crippen molar-refractivity contribution in [1.82, 2.24) is 0 Å². The summed E-state index contributed by atoms with van der Waals surface area (Å²) in [4.78, 5) is 24.5. The van der Waals surface area contributed by atoms with Crippen LogP contribution in [0, 0.1) is 0 Å². The quantitative estimate of drug-likeness (QED) is 0.605. The van der Waals surface area contributed by atoms with Gasteiger partial charge in [0.15, 0.2) is 6.61 Å². The van der Waals surface area contributed by atoms with Crippen molar-refractivity contribution in [3.8, 4) is 22.8 Å². The van der Waals surface area contributed by atoms with Gasteiger partial charge < -0.3 is 20.0 Å². The largest absolute Gasteiger partial charge is 0.506 e. The van der Waals surface area contributed by atoms with Gasteiger partial charge in [0.05, 0.1) is 0 Å². The van der Waals surface area contributed by atoms with E-state index < -0.39 is 11.5 Å². The van der Waals surface area contributed by atoms with E-state index >= 15 is 0 Å². The molecule has 0 aliphatic carbocycles. The maximum atomic E-state index is 12.6. The highest BCUT2D eigenvalue weighted by Crippen LogP contribution is 2.37. The smallest absolute Gasteiger partial charge is 0.354 e. The fourth-order valence-corrected chi connectivity index (χ4v) is 3.84. The van der Waals surface area contributed by atoms with Gasteiger partial charge in [-0.25, -0.2) is 4.79 Å². The minimum absolute atomic E-state index is 0.128. The van der Waals surface area contributed by atoms with Gasteiger partial charge in [-0.2, -0.15) is 0 Å². The SMILES string of the molecule is CC(C)c1ccccc1Sc1c(O)cc(-c2cccc(OCC(N)=O)c2)oc1=O. The number of carbonyl (C=O) groups is 1. The molecule has 7 heteroatoms. The van der Waals surface area contributed by atoms with Gasteiger partial charge in [-0.3, -0.25) is 4.79 Å². The summed E-state index contributed by atoms with van der Waals surface area (Å²) in [6, 6.07) is 15.8. The average molecular weight is 411 g/mol. The van der Waals surface area contributed by atoms with Gasteiger partial charge >= 0.3 is 5.63 Å². The second kappa shape index (κ2) is 8.87. The third-order valence-electron chi connectivity index (χ3n) is 4.14. The molecule has 0 radical (unpaired) electrons. The van der Waals surface area contributed by atoms with Crippen LogP contribution >= 0.6 is 11.8 Å². The summed E-state index contributed by atoms with van der Waals surface area (Å²) in [7, 11) is 0. The Morgan fingerprint density at radius 1 is 1.17 bits per heavy atom. The summed E-state index contributed by atoms with van der Waals surface area (Å²) in [5, 5.41) is 10.5. The van der Waals surface area contributed by atoms with Crippen LogP contribution < -0.4 is 16.1 Å². The lowest BCUT2D eigenvalue weighted by molar-refractivity contribution is -0.119. The minimum atomic E-state index is -0.632. The van der Waals surface area contributed by atoms with Crippen LogP contribution in [0.5, 0.6) is 11.5 Å². The van der Waals surface area contributed by atoms with Crippen molar-refractivity contribution < 1.29 is 19.1 Å². The lowest BCUT2D eigenvalue weighted by Gasteiger charge is -2.12. The molecule has 29 heavy (non-hydrogen) atoms. The molecule has 2 aromatic carbocycles. The summed E-state index contributed by atoms with van der Waals surface area (Å²) < 4.78 is 10.7. The first-order valence-corrected chi connectivity index (χ1v) is 9.82. The van der Waals surface area contributed by atoms with Gasteiger partial charge in [0, 0.05) is 16.5 Å². The highest BCUT2D eigenvalue weighted by Gasteiger charge is 2.17. The Labute approximate surface area is 172 Å². The lowest BCUT2D eigenvalue weighted by Crippen LogP contribution is -2.19. The molecule has 150 valence electrons. The molecule has 0 aliphatic heterocycles. The highest BCUT2D eigenvalue weighted by molar-refractivity contribution is 7.99. The Morgan fingerprint density at radius 3 is 2.62 bits per heavy atom. The minimum Gasteiger partial charge on any atom is -0.506 e. The van der Waals surface area contributed by atoms with Gasteiger partial charge in [-0.1, -0.05) is 55.9 Å². The van der Waals surface area contributed by atoms with Crippen molar-refractivity contribution >= 4 is 17.7 Å². The molecule has 3 N–H and O–H groups in total. The Morgan fingerprint density at radius 2 is 1.93 bits per heavy atom. The zero-order valence-electron chi connectivity index (χ0n) is 16.0. The highest BCUT2D eigenvalue weighted by atomic mass is 32.2. The molecule has 1 heterocycles. The number of rotatable bonds is 7. The summed E-state index contributed by atoms with van der Waals surface area (Å²) in [5.41, 5.74) is 6.06. The van der Waals surface area contributed by atoms with Gasteiger partial charge in [0.1, 0.15) is 22.2 Å². The third-order valence-corrected chi connectivity index (χ3v) is 5.31. The first kappa shape index (κ1) is 20.5. The van der Waals surface area contributed by atoms with Gasteiger partial charge in [0.2, 0.25) is 0 Å². The van der Waals surface area contributed by atoms with E-state index in [9.17, 15) is 14.7 Å². The Kier molecular flexibility index (Phi) is 6.29. The molecule has 0 unspecified atom stereocenters. The number of nitrogens with two attached hydrogens (primary N) is 1. The van der Waals surface area contributed by atoms with Crippen LogP contribution in [0.3, 0.4) is 0 Å². The van der Waals surface area contributed by atoms with E-state index in [2.05, 4.69) is 13.8 Å².